The summed E-state index contributed by atoms with van der Waals surface area (Å²) in [6.45, 7) is 4.53. The van der Waals surface area contributed by atoms with Crippen LogP contribution in [0.5, 0.6) is 0 Å². The average Bonchev–Trinajstić information content (AvgIpc) is 3.37. The lowest BCUT2D eigenvalue weighted by Crippen LogP contribution is -2.38. The van der Waals surface area contributed by atoms with Gasteiger partial charge in [-0.05, 0) is 18.4 Å². The third-order valence-electron chi connectivity index (χ3n) is 4.49. The van der Waals surface area contributed by atoms with Crippen LogP contribution in [0.1, 0.15) is 24.2 Å². The molecule has 0 radical (unpaired) electrons. The first-order valence-electron chi connectivity index (χ1n) is 9.53. The SMILES string of the molecule is CN=C(NCCCOC1CCOC1)NCc1nccn1Cc1ccccc1.I. The lowest BCUT2D eigenvalue weighted by molar-refractivity contribution is 0.0420. The number of ether oxygens (including phenoxy) is 2. The van der Waals surface area contributed by atoms with Gasteiger partial charge in [0.2, 0.25) is 0 Å². The standard InChI is InChI=1S/C20H29N5O2.HI/c1-21-20(23-9-5-12-27-18-8-13-26-16-18)24-14-19-22-10-11-25(19)15-17-6-3-2-4-7-17;/h2-4,6-7,10-11,18H,5,8-9,12-16H2,1H3,(H2,21,23,24);1H. The van der Waals surface area contributed by atoms with Gasteiger partial charge < -0.3 is 24.7 Å². The van der Waals surface area contributed by atoms with Crippen LogP contribution in [0, 0.1) is 0 Å². The Morgan fingerprint density at radius 1 is 1.32 bits per heavy atom. The maximum atomic E-state index is 5.77. The van der Waals surface area contributed by atoms with E-state index in [1.807, 2.05) is 18.5 Å². The normalized spacial score (nSPS) is 16.6. The van der Waals surface area contributed by atoms with Crippen molar-refractivity contribution in [2.24, 2.45) is 4.99 Å². The van der Waals surface area contributed by atoms with Crippen molar-refractivity contribution in [1.29, 1.82) is 0 Å². The van der Waals surface area contributed by atoms with Gasteiger partial charge in [0.15, 0.2) is 5.96 Å². The van der Waals surface area contributed by atoms with Crippen LogP contribution in [0.2, 0.25) is 0 Å². The molecule has 1 aromatic heterocycles. The molecule has 0 aliphatic carbocycles. The molecule has 3 rings (SSSR count). The first-order chi connectivity index (χ1) is 13.3. The van der Waals surface area contributed by atoms with E-state index < -0.39 is 0 Å². The van der Waals surface area contributed by atoms with Gasteiger partial charge >= 0.3 is 0 Å². The summed E-state index contributed by atoms with van der Waals surface area (Å²) in [7, 11) is 1.78. The van der Waals surface area contributed by atoms with Crippen molar-refractivity contribution < 1.29 is 9.47 Å². The number of guanidine groups is 1. The van der Waals surface area contributed by atoms with Gasteiger partial charge in [0, 0.05) is 45.7 Å². The number of hydrogen-bond acceptors (Lipinski definition) is 4. The molecule has 0 amide bonds. The van der Waals surface area contributed by atoms with Gasteiger partial charge in [0.25, 0.3) is 0 Å². The van der Waals surface area contributed by atoms with Gasteiger partial charge in [-0.3, -0.25) is 4.99 Å². The molecule has 0 bridgehead atoms. The summed E-state index contributed by atoms with van der Waals surface area (Å²) in [4.78, 5) is 8.73. The minimum Gasteiger partial charge on any atom is -0.379 e. The number of rotatable bonds is 9. The van der Waals surface area contributed by atoms with E-state index in [1.165, 1.54) is 5.56 Å². The van der Waals surface area contributed by atoms with Gasteiger partial charge in [-0.2, -0.15) is 0 Å². The molecule has 1 fully saturated rings. The average molecular weight is 499 g/mol. The molecule has 0 spiro atoms. The minimum absolute atomic E-state index is 0. The fraction of sp³-hybridized carbons (Fsp3) is 0.500. The number of aromatic nitrogens is 2. The van der Waals surface area contributed by atoms with E-state index >= 15 is 0 Å². The number of nitrogens with one attached hydrogen (secondary N) is 2. The molecule has 0 saturated carbocycles. The summed E-state index contributed by atoms with van der Waals surface area (Å²) < 4.78 is 13.2. The van der Waals surface area contributed by atoms with E-state index in [-0.39, 0.29) is 30.1 Å². The van der Waals surface area contributed by atoms with Crippen LogP contribution >= 0.6 is 24.0 Å². The second kappa shape index (κ2) is 12.7. The summed E-state index contributed by atoms with van der Waals surface area (Å²) >= 11 is 0. The zero-order chi connectivity index (χ0) is 18.7. The molecule has 7 nitrogen and oxygen atoms in total. The topological polar surface area (TPSA) is 72.7 Å². The molecule has 2 N–H and O–H groups in total. The minimum atomic E-state index is 0. The van der Waals surface area contributed by atoms with Gasteiger partial charge in [0.05, 0.1) is 19.3 Å². The molecule has 2 heterocycles. The van der Waals surface area contributed by atoms with Crippen LogP contribution in [-0.2, 0) is 22.6 Å². The molecule has 1 aliphatic heterocycles. The third-order valence-corrected chi connectivity index (χ3v) is 4.49. The number of aliphatic imine (C=N–C) groups is 1. The second-order valence-electron chi connectivity index (χ2n) is 6.52. The Labute approximate surface area is 184 Å². The largest absolute Gasteiger partial charge is 0.379 e. The predicted molar refractivity (Wildman–Crippen MR) is 121 cm³/mol. The molecule has 1 aliphatic rings. The molecule has 8 heteroatoms. The first-order valence-corrected chi connectivity index (χ1v) is 9.53. The van der Waals surface area contributed by atoms with Crippen LogP contribution in [-0.4, -0.2) is 55.0 Å². The first kappa shape index (κ1) is 22.6. The highest BCUT2D eigenvalue weighted by atomic mass is 127. The number of imidazole rings is 1. The summed E-state index contributed by atoms with van der Waals surface area (Å²) in [5.74, 6) is 1.75. The number of benzene rings is 1. The monoisotopic (exact) mass is 499 g/mol. The molecule has 1 unspecified atom stereocenters. The fourth-order valence-corrected chi connectivity index (χ4v) is 2.99. The van der Waals surface area contributed by atoms with E-state index in [0.29, 0.717) is 6.54 Å². The van der Waals surface area contributed by atoms with Gasteiger partial charge in [-0.1, -0.05) is 30.3 Å². The van der Waals surface area contributed by atoms with Crippen LogP contribution < -0.4 is 10.6 Å². The highest BCUT2D eigenvalue weighted by Gasteiger charge is 2.15. The Morgan fingerprint density at radius 3 is 2.93 bits per heavy atom. The van der Waals surface area contributed by atoms with E-state index in [0.717, 1.165) is 57.5 Å². The molecule has 2 aromatic rings. The molecular formula is C20H30IN5O2. The Balaban J connectivity index is 0.00000280. The van der Waals surface area contributed by atoms with Crippen molar-refractivity contribution in [3.8, 4) is 0 Å². The molecule has 28 heavy (non-hydrogen) atoms. The Bertz CT molecular complexity index is 702. The van der Waals surface area contributed by atoms with E-state index in [4.69, 9.17) is 9.47 Å². The molecule has 1 atom stereocenters. The zero-order valence-electron chi connectivity index (χ0n) is 16.3. The van der Waals surface area contributed by atoms with Crippen LogP contribution in [0.15, 0.2) is 47.7 Å². The van der Waals surface area contributed by atoms with Gasteiger partial charge in [-0.15, -0.1) is 24.0 Å². The summed E-state index contributed by atoms with van der Waals surface area (Å²) in [6.07, 6.45) is 6.04. The Kier molecular flexibility index (Phi) is 10.3. The molecule has 1 saturated heterocycles. The van der Waals surface area contributed by atoms with Crippen molar-refractivity contribution in [3.63, 3.8) is 0 Å². The van der Waals surface area contributed by atoms with Crippen molar-refractivity contribution >= 4 is 29.9 Å². The van der Waals surface area contributed by atoms with E-state index in [9.17, 15) is 0 Å². The van der Waals surface area contributed by atoms with Gasteiger partial charge in [-0.25, -0.2) is 4.98 Å². The number of hydrogen-bond donors (Lipinski definition) is 2. The van der Waals surface area contributed by atoms with Crippen molar-refractivity contribution in [3.05, 3.63) is 54.1 Å². The van der Waals surface area contributed by atoms with Crippen LogP contribution in [0.3, 0.4) is 0 Å². The maximum Gasteiger partial charge on any atom is 0.191 e. The lowest BCUT2D eigenvalue weighted by atomic mass is 10.2. The Hall–Kier alpha value is -1.65. The third kappa shape index (κ3) is 7.40. The molecule has 1 aromatic carbocycles. The van der Waals surface area contributed by atoms with E-state index in [2.05, 4.69) is 49.4 Å². The van der Waals surface area contributed by atoms with Crippen molar-refractivity contribution in [2.75, 3.05) is 33.4 Å². The maximum absolute atomic E-state index is 5.77. The highest BCUT2D eigenvalue weighted by molar-refractivity contribution is 14.0. The second-order valence-corrected chi connectivity index (χ2v) is 6.52. The predicted octanol–water partition coefficient (Wildman–Crippen LogP) is 2.41. The number of halogens is 1. The smallest absolute Gasteiger partial charge is 0.191 e. The van der Waals surface area contributed by atoms with Crippen molar-refractivity contribution in [1.82, 2.24) is 20.2 Å². The van der Waals surface area contributed by atoms with E-state index in [1.54, 1.807) is 7.05 Å². The molecular weight excluding hydrogens is 469 g/mol. The van der Waals surface area contributed by atoms with Crippen LogP contribution in [0.4, 0.5) is 0 Å². The molecule has 154 valence electrons. The lowest BCUT2D eigenvalue weighted by Gasteiger charge is -2.14. The van der Waals surface area contributed by atoms with Gasteiger partial charge in [0.1, 0.15) is 5.82 Å². The van der Waals surface area contributed by atoms with Crippen molar-refractivity contribution in [2.45, 2.75) is 32.0 Å². The summed E-state index contributed by atoms with van der Waals surface area (Å²) in [5, 5.41) is 6.64. The fourth-order valence-electron chi connectivity index (χ4n) is 2.99. The quantitative estimate of drug-likeness (QED) is 0.240. The number of nitrogens with zero attached hydrogens (tertiary/aromatic N) is 3. The van der Waals surface area contributed by atoms with Crippen LogP contribution in [0.25, 0.3) is 0 Å². The summed E-state index contributed by atoms with van der Waals surface area (Å²) in [5.41, 5.74) is 1.26. The highest BCUT2D eigenvalue weighted by Crippen LogP contribution is 2.08. The Morgan fingerprint density at radius 2 is 2.18 bits per heavy atom. The zero-order valence-corrected chi connectivity index (χ0v) is 18.7. The summed E-state index contributed by atoms with van der Waals surface area (Å²) in [6, 6.07) is 10.4.